The van der Waals surface area contributed by atoms with Crippen LogP contribution in [0.25, 0.3) is 5.82 Å². The Balaban J connectivity index is 2.48. The third-order valence-corrected chi connectivity index (χ3v) is 3.93. The van der Waals surface area contributed by atoms with Crippen molar-refractivity contribution in [2.24, 2.45) is 0 Å². The van der Waals surface area contributed by atoms with Gasteiger partial charge in [-0.1, -0.05) is 20.8 Å². The van der Waals surface area contributed by atoms with Crippen molar-refractivity contribution in [3.8, 4) is 5.82 Å². The van der Waals surface area contributed by atoms with Crippen LogP contribution in [0.4, 0.5) is 19.0 Å². The fraction of sp³-hybridized carbons (Fsp3) is 0.385. The Morgan fingerprint density at radius 3 is 2.19 bits per heavy atom. The predicted molar refractivity (Wildman–Crippen MR) is 82.2 cm³/mol. The molecular weight excluding hydrogens is 396 g/mol. The number of rotatable bonds is 1. The Labute approximate surface area is 133 Å². The molecule has 2 aromatic rings. The smallest absolute Gasteiger partial charge is 0.383 e. The topological polar surface area (TPSA) is 56.7 Å². The summed E-state index contributed by atoms with van der Waals surface area (Å²) in [5, 5.41) is 4.38. The lowest BCUT2D eigenvalue weighted by molar-refractivity contribution is -0.137. The third kappa shape index (κ3) is 3.14. The zero-order valence-electron chi connectivity index (χ0n) is 11.7. The van der Waals surface area contributed by atoms with E-state index in [9.17, 15) is 13.2 Å². The van der Waals surface area contributed by atoms with Crippen molar-refractivity contribution in [3.63, 3.8) is 0 Å². The van der Waals surface area contributed by atoms with Crippen molar-refractivity contribution in [2.75, 3.05) is 5.73 Å². The highest BCUT2D eigenvalue weighted by Gasteiger charge is 2.31. The van der Waals surface area contributed by atoms with Gasteiger partial charge in [0.25, 0.3) is 0 Å². The van der Waals surface area contributed by atoms with E-state index in [0.717, 1.165) is 21.5 Å². The molecule has 0 fully saturated rings. The molecule has 0 amide bonds. The number of nitrogens with zero attached hydrogens (tertiary/aromatic N) is 3. The van der Waals surface area contributed by atoms with Crippen LogP contribution in [-0.2, 0) is 11.6 Å². The van der Waals surface area contributed by atoms with E-state index in [1.807, 2.05) is 20.8 Å². The normalized spacial score (nSPS) is 12.7. The quantitative estimate of drug-likeness (QED) is 0.729. The summed E-state index contributed by atoms with van der Waals surface area (Å²) < 4.78 is 39.8. The minimum atomic E-state index is -4.41. The molecule has 0 aliphatic carbocycles. The monoisotopic (exact) mass is 410 g/mol. The van der Waals surface area contributed by atoms with Crippen LogP contribution in [0.1, 0.15) is 32.0 Å². The van der Waals surface area contributed by atoms with Crippen LogP contribution in [-0.4, -0.2) is 14.8 Å². The van der Waals surface area contributed by atoms with Crippen LogP contribution in [0.15, 0.2) is 18.3 Å². The number of alkyl halides is 3. The highest BCUT2D eigenvalue weighted by atomic mass is 127. The second kappa shape index (κ2) is 5.15. The first-order valence-electron chi connectivity index (χ1n) is 6.10. The van der Waals surface area contributed by atoms with Gasteiger partial charge in [0.2, 0.25) is 0 Å². The molecule has 2 aromatic heterocycles. The fourth-order valence-electron chi connectivity index (χ4n) is 1.74. The molecule has 0 aliphatic heterocycles. The molecule has 2 heterocycles. The largest absolute Gasteiger partial charge is 0.417 e. The van der Waals surface area contributed by atoms with Crippen molar-refractivity contribution in [1.82, 2.24) is 14.8 Å². The van der Waals surface area contributed by atoms with E-state index in [1.54, 1.807) is 0 Å². The van der Waals surface area contributed by atoms with Gasteiger partial charge >= 0.3 is 6.18 Å². The molecule has 8 heteroatoms. The standard InChI is InChI=1S/C13H14F3IN4/c1-12(2,3)10-9(17)11(18)21(20-10)8-5-4-7(6-19-8)13(14,15)16/h4-6H,18H2,1-3H3. The molecule has 0 saturated heterocycles. The zero-order valence-corrected chi connectivity index (χ0v) is 13.8. The molecule has 0 atom stereocenters. The highest BCUT2D eigenvalue weighted by Crippen LogP contribution is 2.32. The molecule has 0 radical (unpaired) electrons. The summed E-state index contributed by atoms with van der Waals surface area (Å²) in [6.07, 6.45) is -3.63. The number of nitrogens with two attached hydrogens (primary N) is 1. The number of nitrogen functional groups attached to an aromatic ring is 1. The number of anilines is 1. The molecule has 2 N–H and O–H groups in total. The van der Waals surface area contributed by atoms with Crippen LogP contribution in [0.3, 0.4) is 0 Å². The lowest BCUT2D eigenvalue weighted by atomic mass is 9.92. The summed E-state index contributed by atoms with van der Waals surface area (Å²) in [7, 11) is 0. The molecule has 0 saturated carbocycles. The summed E-state index contributed by atoms with van der Waals surface area (Å²) in [6.45, 7) is 5.96. The predicted octanol–water partition coefficient (Wildman–Crippen LogP) is 3.77. The maximum atomic E-state index is 12.5. The van der Waals surface area contributed by atoms with Crippen molar-refractivity contribution in [2.45, 2.75) is 32.4 Å². The second-order valence-electron chi connectivity index (χ2n) is 5.61. The summed E-state index contributed by atoms with van der Waals surface area (Å²) in [5.74, 6) is 0.627. The number of hydrogen-bond acceptors (Lipinski definition) is 3. The molecule has 4 nitrogen and oxygen atoms in total. The van der Waals surface area contributed by atoms with Crippen LogP contribution in [0.2, 0.25) is 0 Å². The van der Waals surface area contributed by atoms with E-state index >= 15 is 0 Å². The Bertz CT molecular complexity index is 654. The molecule has 114 valence electrons. The molecule has 0 bridgehead atoms. The average molecular weight is 410 g/mol. The van der Waals surface area contributed by atoms with Crippen LogP contribution in [0, 0.1) is 3.57 Å². The Morgan fingerprint density at radius 2 is 1.81 bits per heavy atom. The van der Waals surface area contributed by atoms with Gasteiger partial charge in [0, 0.05) is 11.6 Å². The van der Waals surface area contributed by atoms with E-state index in [2.05, 4.69) is 32.7 Å². The van der Waals surface area contributed by atoms with Crippen molar-refractivity contribution < 1.29 is 13.2 Å². The van der Waals surface area contributed by atoms with Gasteiger partial charge in [-0.2, -0.15) is 23.0 Å². The van der Waals surface area contributed by atoms with Gasteiger partial charge in [0.15, 0.2) is 5.82 Å². The molecule has 0 spiro atoms. The Hall–Kier alpha value is -1.32. The Morgan fingerprint density at radius 1 is 1.19 bits per heavy atom. The maximum absolute atomic E-state index is 12.5. The number of pyridine rings is 1. The maximum Gasteiger partial charge on any atom is 0.417 e. The minimum Gasteiger partial charge on any atom is -0.383 e. The van der Waals surface area contributed by atoms with Crippen molar-refractivity contribution in [1.29, 1.82) is 0 Å². The van der Waals surface area contributed by atoms with E-state index < -0.39 is 11.7 Å². The zero-order chi connectivity index (χ0) is 16.0. The van der Waals surface area contributed by atoms with E-state index in [-0.39, 0.29) is 11.2 Å². The molecule has 0 aromatic carbocycles. The van der Waals surface area contributed by atoms with Gasteiger partial charge in [-0.3, -0.25) is 0 Å². The van der Waals surface area contributed by atoms with Crippen molar-refractivity contribution in [3.05, 3.63) is 33.2 Å². The first-order valence-corrected chi connectivity index (χ1v) is 7.18. The highest BCUT2D eigenvalue weighted by molar-refractivity contribution is 14.1. The first kappa shape index (κ1) is 16.1. The number of aromatic nitrogens is 3. The van der Waals surface area contributed by atoms with Crippen LogP contribution < -0.4 is 5.73 Å². The summed E-state index contributed by atoms with van der Waals surface area (Å²) in [5.41, 5.74) is 5.74. The second-order valence-corrected chi connectivity index (χ2v) is 6.69. The summed E-state index contributed by atoms with van der Waals surface area (Å²) in [6, 6.07) is 2.22. The van der Waals surface area contributed by atoms with Crippen LogP contribution >= 0.6 is 22.6 Å². The lowest BCUT2D eigenvalue weighted by Crippen LogP contribution is -2.14. The van der Waals surface area contributed by atoms with Gasteiger partial charge < -0.3 is 5.73 Å². The van der Waals surface area contributed by atoms with E-state index in [0.29, 0.717) is 5.82 Å². The summed E-state index contributed by atoms with van der Waals surface area (Å²) >= 11 is 2.08. The van der Waals surface area contributed by atoms with Gasteiger partial charge in [-0.25, -0.2) is 4.98 Å². The van der Waals surface area contributed by atoms with Gasteiger partial charge in [0.1, 0.15) is 5.82 Å². The molecule has 0 unspecified atom stereocenters. The summed E-state index contributed by atoms with van der Waals surface area (Å²) in [4.78, 5) is 3.81. The molecule has 2 rings (SSSR count). The van der Waals surface area contributed by atoms with E-state index in [4.69, 9.17) is 5.73 Å². The molecule has 21 heavy (non-hydrogen) atoms. The third-order valence-electron chi connectivity index (χ3n) is 2.86. The van der Waals surface area contributed by atoms with Crippen molar-refractivity contribution >= 4 is 28.4 Å². The van der Waals surface area contributed by atoms with Crippen LogP contribution in [0.5, 0.6) is 0 Å². The molecular formula is C13H14F3IN4. The molecule has 0 aliphatic rings. The fourth-order valence-corrected chi connectivity index (χ4v) is 2.89. The first-order chi connectivity index (χ1) is 9.51. The minimum absolute atomic E-state index is 0.220. The lowest BCUT2D eigenvalue weighted by Gasteiger charge is -2.15. The van der Waals surface area contributed by atoms with Gasteiger partial charge in [0.05, 0.1) is 14.8 Å². The SMILES string of the molecule is CC(C)(C)c1nn(-c2ccc(C(F)(F)F)cn2)c(N)c1I. The Kier molecular flexibility index (Phi) is 3.94. The average Bonchev–Trinajstić information content (AvgIpc) is 2.65. The number of hydrogen-bond donors (Lipinski definition) is 1. The number of halogens is 4. The van der Waals surface area contributed by atoms with Gasteiger partial charge in [-0.05, 0) is 34.7 Å². The van der Waals surface area contributed by atoms with E-state index in [1.165, 1.54) is 10.7 Å². The van der Waals surface area contributed by atoms with Gasteiger partial charge in [-0.15, -0.1) is 0 Å².